The van der Waals surface area contributed by atoms with E-state index < -0.39 is 15.4 Å². The summed E-state index contributed by atoms with van der Waals surface area (Å²) < 4.78 is 31.7. The number of hydrogen-bond donors (Lipinski definition) is 0. The maximum atomic E-state index is 12.7. The first-order chi connectivity index (χ1) is 10.0. The lowest BCUT2D eigenvalue weighted by Crippen LogP contribution is -2.53. The van der Waals surface area contributed by atoms with Crippen molar-refractivity contribution in [3.8, 4) is 0 Å². The van der Waals surface area contributed by atoms with E-state index in [-0.39, 0.29) is 23.9 Å². The van der Waals surface area contributed by atoms with Gasteiger partial charge in [-0.25, -0.2) is 8.42 Å². The highest BCUT2D eigenvalue weighted by Gasteiger charge is 2.36. The summed E-state index contributed by atoms with van der Waals surface area (Å²) in [5.41, 5.74) is -0.0893. The number of nitrogens with zero attached hydrogens (tertiary/aromatic N) is 3. The Balaban J connectivity index is 2.14. The van der Waals surface area contributed by atoms with Gasteiger partial charge in [-0.15, -0.1) is 0 Å². The van der Waals surface area contributed by atoms with E-state index in [4.69, 9.17) is 4.52 Å². The number of carbonyl (C=O) groups excluding carboxylic acids is 1. The molecule has 1 aliphatic heterocycles. The maximum absolute atomic E-state index is 12.7. The molecule has 7 nitrogen and oxygen atoms in total. The SMILES string of the molecule is Cc1noc(C)c1S(=O)(=O)N1CCN(C(=O)C(C)(C)C)CC1. The van der Waals surface area contributed by atoms with E-state index in [1.165, 1.54) is 4.31 Å². The predicted octanol–water partition coefficient (Wildman–Crippen LogP) is 1.17. The van der Waals surface area contributed by atoms with E-state index in [2.05, 4.69) is 5.16 Å². The van der Waals surface area contributed by atoms with Crippen molar-refractivity contribution in [1.29, 1.82) is 0 Å². The molecule has 0 saturated carbocycles. The summed E-state index contributed by atoms with van der Waals surface area (Å²) in [6.45, 7) is 10.2. The topological polar surface area (TPSA) is 83.7 Å². The summed E-state index contributed by atoms with van der Waals surface area (Å²) >= 11 is 0. The molecule has 0 atom stereocenters. The first kappa shape index (κ1) is 17.0. The van der Waals surface area contributed by atoms with Gasteiger partial charge in [0.25, 0.3) is 0 Å². The monoisotopic (exact) mass is 329 g/mol. The summed E-state index contributed by atoms with van der Waals surface area (Å²) in [4.78, 5) is 14.1. The Hall–Kier alpha value is -1.41. The minimum absolute atomic E-state index is 0.0434. The standard InChI is InChI=1S/C14H23N3O4S/c1-10-12(11(2)21-15-10)22(19,20)17-8-6-16(7-9-17)13(18)14(3,4)5/h6-9H2,1-5H3. The van der Waals surface area contributed by atoms with E-state index in [9.17, 15) is 13.2 Å². The quantitative estimate of drug-likeness (QED) is 0.813. The third-order valence-corrected chi connectivity index (χ3v) is 5.88. The van der Waals surface area contributed by atoms with Crippen molar-refractivity contribution >= 4 is 15.9 Å². The van der Waals surface area contributed by atoms with Crippen molar-refractivity contribution in [1.82, 2.24) is 14.4 Å². The van der Waals surface area contributed by atoms with Gasteiger partial charge in [0.05, 0.1) is 0 Å². The van der Waals surface area contributed by atoms with Gasteiger partial charge in [0, 0.05) is 31.6 Å². The molecule has 1 aromatic rings. The van der Waals surface area contributed by atoms with Crippen LogP contribution < -0.4 is 0 Å². The minimum Gasteiger partial charge on any atom is -0.360 e. The molecule has 1 fully saturated rings. The van der Waals surface area contributed by atoms with E-state index in [1.807, 2.05) is 20.8 Å². The lowest BCUT2D eigenvalue weighted by molar-refractivity contribution is -0.140. The Morgan fingerprint density at radius 2 is 1.68 bits per heavy atom. The van der Waals surface area contributed by atoms with Crippen molar-refractivity contribution < 1.29 is 17.7 Å². The number of carbonyl (C=O) groups is 1. The maximum Gasteiger partial charge on any atom is 0.248 e. The molecule has 2 rings (SSSR count). The van der Waals surface area contributed by atoms with E-state index >= 15 is 0 Å². The van der Waals surface area contributed by atoms with Gasteiger partial charge in [-0.1, -0.05) is 25.9 Å². The van der Waals surface area contributed by atoms with Gasteiger partial charge in [0.1, 0.15) is 10.6 Å². The number of sulfonamides is 1. The summed E-state index contributed by atoms with van der Waals surface area (Å²) in [6.07, 6.45) is 0. The van der Waals surface area contributed by atoms with Crippen LogP contribution in [-0.4, -0.2) is 54.9 Å². The highest BCUT2D eigenvalue weighted by atomic mass is 32.2. The fourth-order valence-electron chi connectivity index (χ4n) is 2.58. The van der Waals surface area contributed by atoms with Crippen molar-refractivity contribution in [2.75, 3.05) is 26.2 Å². The smallest absolute Gasteiger partial charge is 0.248 e. The molecule has 0 N–H and O–H groups in total. The molecule has 1 aliphatic rings. The molecule has 0 spiro atoms. The Kier molecular flexibility index (Phi) is 4.36. The lowest BCUT2D eigenvalue weighted by atomic mass is 9.94. The zero-order valence-electron chi connectivity index (χ0n) is 13.7. The van der Waals surface area contributed by atoms with E-state index in [0.717, 1.165) is 0 Å². The van der Waals surface area contributed by atoms with E-state index in [1.54, 1.807) is 18.7 Å². The van der Waals surface area contributed by atoms with Crippen LogP contribution in [0, 0.1) is 19.3 Å². The molecule has 2 heterocycles. The number of aromatic nitrogens is 1. The molecular formula is C14H23N3O4S. The molecule has 1 amide bonds. The summed E-state index contributed by atoms with van der Waals surface area (Å²) in [6, 6.07) is 0. The predicted molar refractivity (Wildman–Crippen MR) is 80.8 cm³/mol. The fraction of sp³-hybridized carbons (Fsp3) is 0.714. The van der Waals surface area contributed by atoms with Crippen molar-refractivity contribution in [3.63, 3.8) is 0 Å². The average Bonchev–Trinajstić information content (AvgIpc) is 2.77. The van der Waals surface area contributed by atoms with Gasteiger partial charge < -0.3 is 9.42 Å². The second-order valence-electron chi connectivity index (χ2n) is 6.60. The second kappa shape index (κ2) is 5.66. The molecule has 1 saturated heterocycles. The van der Waals surface area contributed by atoms with Crippen LogP contribution in [0.4, 0.5) is 0 Å². The summed E-state index contributed by atoms with van der Waals surface area (Å²) in [5, 5.41) is 3.71. The van der Waals surface area contributed by atoms with Gasteiger partial charge >= 0.3 is 0 Å². The summed E-state index contributed by atoms with van der Waals surface area (Å²) in [5.74, 6) is 0.340. The molecule has 0 unspecified atom stereocenters. The average molecular weight is 329 g/mol. The van der Waals surface area contributed by atoms with Crippen LogP contribution >= 0.6 is 0 Å². The van der Waals surface area contributed by atoms with Crippen LogP contribution in [0.1, 0.15) is 32.2 Å². The zero-order chi connectivity index (χ0) is 16.7. The van der Waals surface area contributed by atoms with Crippen LogP contribution in [0.5, 0.6) is 0 Å². The van der Waals surface area contributed by atoms with Crippen LogP contribution in [0.2, 0.25) is 0 Å². The second-order valence-corrected chi connectivity index (χ2v) is 8.47. The third-order valence-electron chi connectivity index (χ3n) is 3.73. The van der Waals surface area contributed by atoms with E-state index in [0.29, 0.717) is 24.5 Å². The number of piperazine rings is 1. The number of rotatable bonds is 2. The van der Waals surface area contributed by atoms with Crippen LogP contribution in [0.3, 0.4) is 0 Å². The van der Waals surface area contributed by atoms with Gasteiger partial charge in [-0.2, -0.15) is 4.31 Å². The normalized spacial score (nSPS) is 17.8. The minimum atomic E-state index is -3.63. The first-order valence-corrected chi connectivity index (χ1v) is 8.71. The molecule has 0 bridgehead atoms. The Bertz CT molecular complexity index is 645. The number of amides is 1. The van der Waals surface area contributed by atoms with Gasteiger partial charge in [0.2, 0.25) is 15.9 Å². The zero-order valence-corrected chi connectivity index (χ0v) is 14.5. The van der Waals surface area contributed by atoms with Crippen molar-refractivity contribution in [3.05, 3.63) is 11.5 Å². The largest absolute Gasteiger partial charge is 0.360 e. The van der Waals surface area contributed by atoms with Gasteiger partial charge in [-0.05, 0) is 13.8 Å². The number of hydrogen-bond acceptors (Lipinski definition) is 5. The molecular weight excluding hydrogens is 306 g/mol. The van der Waals surface area contributed by atoms with Crippen molar-refractivity contribution in [2.24, 2.45) is 5.41 Å². The molecule has 22 heavy (non-hydrogen) atoms. The fourth-order valence-corrected chi connectivity index (χ4v) is 4.29. The van der Waals surface area contributed by atoms with Crippen molar-refractivity contribution in [2.45, 2.75) is 39.5 Å². The first-order valence-electron chi connectivity index (χ1n) is 7.27. The lowest BCUT2D eigenvalue weighted by Gasteiger charge is -2.36. The highest BCUT2D eigenvalue weighted by Crippen LogP contribution is 2.25. The molecule has 0 radical (unpaired) electrons. The molecule has 8 heteroatoms. The van der Waals surface area contributed by atoms with Gasteiger partial charge in [-0.3, -0.25) is 4.79 Å². The molecule has 0 aromatic carbocycles. The third kappa shape index (κ3) is 3.03. The van der Waals surface area contributed by atoms with Gasteiger partial charge in [0.15, 0.2) is 5.76 Å². The van der Waals surface area contributed by atoms with Crippen LogP contribution in [0.15, 0.2) is 9.42 Å². The summed E-state index contributed by atoms with van der Waals surface area (Å²) in [7, 11) is -3.63. The highest BCUT2D eigenvalue weighted by molar-refractivity contribution is 7.89. The van der Waals surface area contributed by atoms with Crippen LogP contribution in [0.25, 0.3) is 0 Å². The molecule has 0 aliphatic carbocycles. The Morgan fingerprint density at radius 1 is 1.14 bits per heavy atom. The molecule has 1 aromatic heterocycles. The number of aryl methyl sites for hydroxylation is 2. The van der Waals surface area contributed by atoms with Crippen LogP contribution in [-0.2, 0) is 14.8 Å². The Morgan fingerprint density at radius 3 is 2.09 bits per heavy atom. The molecule has 124 valence electrons. The Labute approximate surface area is 131 Å².